The molecule has 2 aliphatic rings. The molecule has 1 aromatic rings. The molecule has 0 aromatic heterocycles. The molecule has 0 bridgehead atoms. The van der Waals surface area contributed by atoms with Gasteiger partial charge in [-0.05, 0) is 59.6 Å². The second-order valence-corrected chi connectivity index (χ2v) is 5.68. The SMILES string of the molecule is COc1ccc2c(c1)CC1(C)CCC(=O)C(C)=C21. The van der Waals surface area contributed by atoms with Crippen molar-refractivity contribution in [1.29, 1.82) is 0 Å². The van der Waals surface area contributed by atoms with E-state index in [-0.39, 0.29) is 5.41 Å². The monoisotopic (exact) mass is 242 g/mol. The zero-order valence-electron chi connectivity index (χ0n) is 11.2. The first-order valence-electron chi connectivity index (χ1n) is 6.47. The maximum Gasteiger partial charge on any atom is 0.158 e. The number of rotatable bonds is 1. The molecular formula is C16H18O2. The smallest absolute Gasteiger partial charge is 0.158 e. The number of benzene rings is 1. The highest BCUT2D eigenvalue weighted by atomic mass is 16.5. The number of allylic oxidation sites excluding steroid dienone is 2. The molecule has 2 heteroatoms. The minimum absolute atomic E-state index is 0.146. The van der Waals surface area contributed by atoms with Gasteiger partial charge in [0.2, 0.25) is 0 Å². The second kappa shape index (κ2) is 3.71. The molecule has 0 N–H and O–H groups in total. The van der Waals surface area contributed by atoms with Crippen LogP contribution in [0.1, 0.15) is 37.8 Å². The summed E-state index contributed by atoms with van der Waals surface area (Å²) >= 11 is 0. The van der Waals surface area contributed by atoms with Gasteiger partial charge in [0.05, 0.1) is 7.11 Å². The zero-order valence-corrected chi connectivity index (χ0v) is 11.2. The normalized spacial score (nSPS) is 26.1. The molecule has 0 aliphatic heterocycles. The van der Waals surface area contributed by atoms with Gasteiger partial charge in [0.25, 0.3) is 0 Å². The average molecular weight is 242 g/mol. The average Bonchev–Trinajstić information content (AvgIpc) is 2.66. The summed E-state index contributed by atoms with van der Waals surface area (Å²) in [7, 11) is 1.69. The number of ketones is 1. The molecule has 0 saturated carbocycles. The fourth-order valence-electron chi connectivity index (χ4n) is 3.51. The Morgan fingerprint density at radius 2 is 2.11 bits per heavy atom. The number of hydrogen-bond acceptors (Lipinski definition) is 2. The molecule has 0 saturated heterocycles. The van der Waals surface area contributed by atoms with E-state index in [0.29, 0.717) is 12.2 Å². The summed E-state index contributed by atoms with van der Waals surface area (Å²) in [5, 5.41) is 0. The standard InChI is InChI=1S/C16H18O2/c1-10-14(17)6-7-16(2)9-11-8-12(18-3)4-5-13(11)15(10)16/h4-5,8H,6-7,9H2,1-3H3. The first-order chi connectivity index (χ1) is 8.55. The number of carbonyl (C=O) groups is 1. The molecular weight excluding hydrogens is 224 g/mol. The van der Waals surface area contributed by atoms with Crippen molar-refractivity contribution in [3.8, 4) is 5.75 Å². The molecule has 1 aromatic carbocycles. The van der Waals surface area contributed by atoms with Gasteiger partial charge in [0.15, 0.2) is 5.78 Å². The van der Waals surface area contributed by atoms with Gasteiger partial charge in [0.1, 0.15) is 5.75 Å². The third-order valence-electron chi connectivity index (χ3n) is 4.46. The van der Waals surface area contributed by atoms with Crippen molar-refractivity contribution in [2.24, 2.45) is 5.41 Å². The molecule has 1 atom stereocenters. The van der Waals surface area contributed by atoms with Gasteiger partial charge < -0.3 is 4.74 Å². The van der Waals surface area contributed by atoms with Crippen LogP contribution in [0.2, 0.25) is 0 Å². The van der Waals surface area contributed by atoms with Crippen LogP contribution in [0.25, 0.3) is 5.57 Å². The molecule has 0 heterocycles. The van der Waals surface area contributed by atoms with Gasteiger partial charge >= 0.3 is 0 Å². The molecule has 94 valence electrons. The van der Waals surface area contributed by atoms with Crippen LogP contribution in [-0.2, 0) is 11.2 Å². The van der Waals surface area contributed by atoms with E-state index >= 15 is 0 Å². The molecule has 3 rings (SSSR count). The Morgan fingerprint density at radius 1 is 1.33 bits per heavy atom. The molecule has 0 spiro atoms. The molecule has 18 heavy (non-hydrogen) atoms. The van der Waals surface area contributed by atoms with Crippen LogP contribution in [0.3, 0.4) is 0 Å². The van der Waals surface area contributed by atoms with Gasteiger partial charge in [-0.2, -0.15) is 0 Å². The zero-order chi connectivity index (χ0) is 12.9. The van der Waals surface area contributed by atoms with Crippen LogP contribution in [0.5, 0.6) is 5.75 Å². The fraction of sp³-hybridized carbons (Fsp3) is 0.438. The molecule has 2 nitrogen and oxygen atoms in total. The Labute approximate surface area is 108 Å². The minimum atomic E-state index is 0.146. The van der Waals surface area contributed by atoms with Gasteiger partial charge in [-0.3, -0.25) is 4.79 Å². The summed E-state index contributed by atoms with van der Waals surface area (Å²) in [5.41, 5.74) is 4.96. The third-order valence-corrected chi connectivity index (χ3v) is 4.46. The minimum Gasteiger partial charge on any atom is -0.497 e. The van der Waals surface area contributed by atoms with E-state index in [2.05, 4.69) is 19.1 Å². The van der Waals surface area contributed by atoms with Crippen molar-refractivity contribution < 1.29 is 9.53 Å². The van der Waals surface area contributed by atoms with E-state index in [1.165, 1.54) is 16.7 Å². The highest BCUT2D eigenvalue weighted by Crippen LogP contribution is 2.53. The van der Waals surface area contributed by atoms with Crippen LogP contribution < -0.4 is 4.74 Å². The number of Topliss-reactive ketones (excluding diaryl/α,β-unsaturated/α-hetero) is 1. The maximum atomic E-state index is 11.9. The van der Waals surface area contributed by atoms with Gasteiger partial charge in [-0.1, -0.05) is 13.0 Å². The topological polar surface area (TPSA) is 26.3 Å². The van der Waals surface area contributed by atoms with Crippen molar-refractivity contribution in [3.05, 3.63) is 34.9 Å². The molecule has 2 aliphatic carbocycles. The number of carbonyl (C=O) groups excluding carboxylic acids is 1. The predicted octanol–water partition coefficient (Wildman–Crippen LogP) is 3.39. The summed E-state index contributed by atoms with van der Waals surface area (Å²) in [5.74, 6) is 1.21. The Hall–Kier alpha value is -1.57. The maximum absolute atomic E-state index is 11.9. The number of fused-ring (bicyclic) bond motifs is 3. The summed E-state index contributed by atoms with van der Waals surface area (Å²) in [6.07, 6.45) is 2.69. The fourth-order valence-corrected chi connectivity index (χ4v) is 3.51. The lowest BCUT2D eigenvalue weighted by molar-refractivity contribution is -0.116. The first-order valence-corrected chi connectivity index (χ1v) is 6.47. The van der Waals surface area contributed by atoms with Crippen molar-refractivity contribution in [2.45, 2.75) is 33.1 Å². The Balaban J connectivity index is 2.21. The lowest BCUT2D eigenvalue weighted by atomic mass is 9.71. The number of methoxy groups -OCH3 is 1. The molecule has 0 amide bonds. The van der Waals surface area contributed by atoms with Gasteiger partial charge in [0, 0.05) is 6.42 Å². The van der Waals surface area contributed by atoms with Gasteiger partial charge in [-0.25, -0.2) is 0 Å². The van der Waals surface area contributed by atoms with Crippen molar-refractivity contribution >= 4 is 11.4 Å². The van der Waals surface area contributed by atoms with Crippen LogP contribution in [0.4, 0.5) is 0 Å². The van der Waals surface area contributed by atoms with E-state index in [0.717, 1.165) is 24.2 Å². The van der Waals surface area contributed by atoms with Crippen LogP contribution in [0.15, 0.2) is 23.8 Å². The first kappa shape index (κ1) is 11.5. The van der Waals surface area contributed by atoms with Crippen molar-refractivity contribution in [1.82, 2.24) is 0 Å². The Kier molecular flexibility index (Phi) is 2.37. The van der Waals surface area contributed by atoms with E-state index < -0.39 is 0 Å². The Bertz CT molecular complexity index is 568. The van der Waals surface area contributed by atoms with Crippen LogP contribution >= 0.6 is 0 Å². The lowest BCUT2D eigenvalue weighted by Gasteiger charge is -2.31. The lowest BCUT2D eigenvalue weighted by Crippen LogP contribution is -2.24. The van der Waals surface area contributed by atoms with E-state index in [1.807, 2.05) is 13.0 Å². The van der Waals surface area contributed by atoms with Crippen LogP contribution in [-0.4, -0.2) is 12.9 Å². The highest BCUT2D eigenvalue weighted by Gasteiger charge is 2.42. The third kappa shape index (κ3) is 1.45. The molecule has 0 fully saturated rings. The van der Waals surface area contributed by atoms with E-state index in [9.17, 15) is 4.79 Å². The Morgan fingerprint density at radius 3 is 2.83 bits per heavy atom. The van der Waals surface area contributed by atoms with E-state index in [1.54, 1.807) is 7.11 Å². The van der Waals surface area contributed by atoms with E-state index in [4.69, 9.17) is 4.74 Å². The summed E-state index contributed by atoms with van der Waals surface area (Å²) in [6.45, 7) is 4.26. The summed E-state index contributed by atoms with van der Waals surface area (Å²) in [4.78, 5) is 11.9. The molecule has 1 unspecified atom stereocenters. The van der Waals surface area contributed by atoms with Crippen molar-refractivity contribution in [2.75, 3.05) is 7.11 Å². The van der Waals surface area contributed by atoms with Crippen molar-refractivity contribution in [3.63, 3.8) is 0 Å². The number of hydrogen-bond donors (Lipinski definition) is 0. The summed E-state index contributed by atoms with van der Waals surface area (Å²) < 4.78 is 5.29. The van der Waals surface area contributed by atoms with Crippen LogP contribution in [0, 0.1) is 5.41 Å². The second-order valence-electron chi connectivity index (χ2n) is 5.68. The van der Waals surface area contributed by atoms with Gasteiger partial charge in [-0.15, -0.1) is 0 Å². The quantitative estimate of drug-likeness (QED) is 0.754. The number of ether oxygens (including phenoxy) is 1. The predicted molar refractivity (Wildman–Crippen MR) is 71.6 cm³/mol. The summed E-state index contributed by atoms with van der Waals surface area (Å²) in [6, 6.07) is 6.21. The molecule has 0 radical (unpaired) electrons. The largest absolute Gasteiger partial charge is 0.497 e. The highest BCUT2D eigenvalue weighted by molar-refractivity contribution is 6.05.